The summed E-state index contributed by atoms with van der Waals surface area (Å²) in [5.41, 5.74) is 3.50. The Labute approximate surface area is 111 Å². The molecule has 0 aliphatic carbocycles. The normalized spacial score (nSPS) is 10.1. The Kier molecular flexibility index (Phi) is 4.36. The van der Waals surface area contributed by atoms with Crippen LogP contribution >= 0.6 is 11.3 Å². The second kappa shape index (κ2) is 6.21. The first-order chi connectivity index (χ1) is 8.75. The van der Waals surface area contributed by atoms with Gasteiger partial charge in [0, 0.05) is 13.1 Å². The summed E-state index contributed by atoms with van der Waals surface area (Å²) >= 11 is 1.66. The smallest absolute Gasteiger partial charge is 0.315 e. The molecule has 2 amide bonds. The third-order valence-corrected chi connectivity index (χ3v) is 3.61. The number of hydrogen-bond donors (Lipinski definition) is 2. The maximum absolute atomic E-state index is 11.6. The molecular weight excluding hydrogens is 244 g/mol. The van der Waals surface area contributed by atoms with Crippen LogP contribution in [0.25, 0.3) is 0 Å². The number of rotatable bonds is 4. The van der Waals surface area contributed by atoms with Gasteiger partial charge in [0.1, 0.15) is 0 Å². The van der Waals surface area contributed by atoms with Crippen LogP contribution in [0.3, 0.4) is 0 Å². The number of urea groups is 1. The molecule has 4 heteroatoms. The van der Waals surface area contributed by atoms with Gasteiger partial charge in [-0.2, -0.15) is 11.3 Å². The van der Waals surface area contributed by atoms with Crippen LogP contribution in [0.2, 0.25) is 0 Å². The topological polar surface area (TPSA) is 41.1 Å². The maximum atomic E-state index is 11.6. The molecule has 0 atom stereocenters. The summed E-state index contributed by atoms with van der Waals surface area (Å²) in [5.74, 6) is 0. The van der Waals surface area contributed by atoms with E-state index in [1.165, 1.54) is 11.1 Å². The Morgan fingerprint density at radius 2 is 1.83 bits per heavy atom. The lowest BCUT2D eigenvalue weighted by molar-refractivity contribution is 0.240. The van der Waals surface area contributed by atoms with E-state index >= 15 is 0 Å². The molecule has 2 rings (SSSR count). The second-order valence-corrected chi connectivity index (χ2v) is 4.85. The highest BCUT2D eigenvalue weighted by Gasteiger charge is 2.02. The van der Waals surface area contributed by atoms with Gasteiger partial charge in [-0.05, 0) is 34.4 Å². The SMILES string of the molecule is Cc1cscc1CNC(=O)NCc1ccccc1. The van der Waals surface area contributed by atoms with E-state index in [4.69, 9.17) is 0 Å². The van der Waals surface area contributed by atoms with Crippen LogP contribution in [0.1, 0.15) is 16.7 Å². The van der Waals surface area contributed by atoms with Gasteiger partial charge in [-0.1, -0.05) is 30.3 Å². The lowest BCUT2D eigenvalue weighted by Crippen LogP contribution is -2.34. The molecule has 0 fully saturated rings. The van der Waals surface area contributed by atoms with E-state index in [1.54, 1.807) is 11.3 Å². The van der Waals surface area contributed by atoms with Gasteiger partial charge in [0.15, 0.2) is 0 Å². The molecule has 0 saturated carbocycles. The fourth-order valence-electron chi connectivity index (χ4n) is 1.58. The second-order valence-electron chi connectivity index (χ2n) is 4.10. The molecular formula is C14H16N2OS. The minimum atomic E-state index is -0.135. The molecule has 0 unspecified atom stereocenters. The molecule has 1 aromatic carbocycles. The predicted octanol–water partition coefficient (Wildman–Crippen LogP) is 3.06. The summed E-state index contributed by atoms with van der Waals surface area (Å²) in [5, 5.41) is 9.83. The van der Waals surface area contributed by atoms with Crippen molar-refractivity contribution in [1.82, 2.24) is 10.6 Å². The number of nitrogens with one attached hydrogen (secondary N) is 2. The Morgan fingerprint density at radius 3 is 2.50 bits per heavy atom. The first kappa shape index (κ1) is 12.6. The van der Waals surface area contributed by atoms with Gasteiger partial charge in [-0.25, -0.2) is 4.79 Å². The van der Waals surface area contributed by atoms with Gasteiger partial charge < -0.3 is 10.6 Å². The average molecular weight is 260 g/mol. The van der Waals surface area contributed by atoms with E-state index in [9.17, 15) is 4.79 Å². The predicted molar refractivity (Wildman–Crippen MR) is 74.6 cm³/mol. The van der Waals surface area contributed by atoms with E-state index < -0.39 is 0 Å². The minimum Gasteiger partial charge on any atom is -0.334 e. The number of amides is 2. The molecule has 1 heterocycles. The van der Waals surface area contributed by atoms with E-state index in [-0.39, 0.29) is 6.03 Å². The van der Waals surface area contributed by atoms with Crippen molar-refractivity contribution in [3.05, 3.63) is 57.8 Å². The first-order valence-corrected chi connectivity index (χ1v) is 6.77. The van der Waals surface area contributed by atoms with Crippen molar-refractivity contribution in [2.24, 2.45) is 0 Å². The van der Waals surface area contributed by atoms with Gasteiger partial charge in [-0.3, -0.25) is 0 Å². The molecule has 1 aromatic heterocycles. The summed E-state index contributed by atoms with van der Waals surface area (Å²) in [4.78, 5) is 11.6. The van der Waals surface area contributed by atoms with Crippen LogP contribution in [0.15, 0.2) is 41.1 Å². The molecule has 0 aliphatic rings. The maximum Gasteiger partial charge on any atom is 0.315 e. The van der Waals surface area contributed by atoms with Crippen molar-refractivity contribution in [3.63, 3.8) is 0 Å². The monoisotopic (exact) mass is 260 g/mol. The van der Waals surface area contributed by atoms with Gasteiger partial charge in [0.25, 0.3) is 0 Å². The number of carbonyl (C=O) groups is 1. The van der Waals surface area contributed by atoms with Gasteiger partial charge in [0.05, 0.1) is 0 Å². The Balaban J connectivity index is 1.75. The Bertz CT molecular complexity index is 508. The van der Waals surface area contributed by atoms with Gasteiger partial charge >= 0.3 is 6.03 Å². The lowest BCUT2D eigenvalue weighted by atomic mass is 10.2. The summed E-state index contributed by atoms with van der Waals surface area (Å²) in [6.07, 6.45) is 0. The summed E-state index contributed by atoms with van der Waals surface area (Å²) < 4.78 is 0. The van der Waals surface area contributed by atoms with E-state index in [0.29, 0.717) is 13.1 Å². The highest BCUT2D eigenvalue weighted by molar-refractivity contribution is 7.08. The highest BCUT2D eigenvalue weighted by Crippen LogP contribution is 2.12. The standard InChI is InChI=1S/C14H16N2OS/c1-11-9-18-10-13(11)8-16-14(17)15-7-12-5-3-2-4-6-12/h2-6,9-10H,7-8H2,1H3,(H2,15,16,17). The Morgan fingerprint density at radius 1 is 1.11 bits per heavy atom. The molecule has 2 N–H and O–H groups in total. The molecule has 3 nitrogen and oxygen atoms in total. The van der Waals surface area contributed by atoms with E-state index in [2.05, 4.69) is 28.3 Å². The van der Waals surface area contributed by atoms with Crippen LogP contribution in [-0.4, -0.2) is 6.03 Å². The zero-order valence-corrected chi connectivity index (χ0v) is 11.1. The Hall–Kier alpha value is -1.81. The molecule has 0 saturated heterocycles. The van der Waals surface area contributed by atoms with Crippen molar-refractivity contribution in [3.8, 4) is 0 Å². The fraction of sp³-hybridized carbons (Fsp3) is 0.214. The summed E-state index contributed by atoms with van der Waals surface area (Å²) in [6, 6.07) is 9.73. The zero-order valence-electron chi connectivity index (χ0n) is 10.3. The minimum absolute atomic E-state index is 0.135. The lowest BCUT2D eigenvalue weighted by Gasteiger charge is -2.07. The van der Waals surface area contributed by atoms with Crippen LogP contribution in [0, 0.1) is 6.92 Å². The molecule has 2 aromatic rings. The summed E-state index contributed by atoms with van der Waals surface area (Å²) in [7, 11) is 0. The number of aryl methyl sites for hydroxylation is 1. The van der Waals surface area contributed by atoms with Crippen LogP contribution in [0.5, 0.6) is 0 Å². The molecule has 18 heavy (non-hydrogen) atoms. The molecule has 94 valence electrons. The van der Waals surface area contributed by atoms with Crippen LogP contribution in [0.4, 0.5) is 4.79 Å². The van der Waals surface area contributed by atoms with Crippen molar-refractivity contribution in [2.45, 2.75) is 20.0 Å². The van der Waals surface area contributed by atoms with Crippen LogP contribution < -0.4 is 10.6 Å². The first-order valence-electron chi connectivity index (χ1n) is 5.83. The van der Waals surface area contributed by atoms with E-state index in [1.807, 2.05) is 30.3 Å². The number of hydrogen-bond acceptors (Lipinski definition) is 2. The van der Waals surface area contributed by atoms with Crippen molar-refractivity contribution in [1.29, 1.82) is 0 Å². The quantitative estimate of drug-likeness (QED) is 0.871. The largest absolute Gasteiger partial charge is 0.334 e. The number of benzene rings is 1. The van der Waals surface area contributed by atoms with E-state index in [0.717, 1.165) is 5.56 Å². The summed E-state index contributed by atoms with van der Waals surface area (Å²) in [6.45, 7) is 3.18. The zero-order chi connectivity index (χ0) is 12.8. The number of carbonyl (C=O) groups excluding carboxylic acids is 1. The van der Waals surface area contributed by atoms with Gasteiger partial charge in [0.2, 0.25) is 0 Å². The van der Waals surface area contributed by atoms with Crippen molar-refractivity contribution in [2.75, 3.05) is 0 Å². The third kappa shape index (κ3) is 3.60. The highest BCUT2D eigenvalue weighted by atomic mass is 32.1. The third-order valence-electron chi connectivity index (χ3n) is 2.70. The molecule has 0 bridgehead atoms. The molecule has 0 aliphatic heterocycles. The fourth-order valence-corrected chi connectivity index (χ4v) is 2.44. The van der Waals surface area contributed by atoms with Crippen molar-refractivity contribution < 1.29 is 4.79 Å². The average Bonchev–Trinajstić information content (AvgIpc) is 2.81. The molecule has 0 spiro atoms. The van der Waals surface area contributed by atoms with Gasteiger partial charge in [-0.15, -0.1) is 0 Å². The number of thiophene rings is 1. The van der Waals surface area contributed by atoms with Crippen LogP contribution in [-0.2, 0) is 13.1 Å². The van der Waals surface area contributed by atoms with Crippen molar-refractivity contribution >= 4 is 17.4 Å². The molecule has 0 radical (unpaired) electrons.